The quantitative estimate of drug-likeness (QED) is 0.726. The summed E-state index contributed by atoms with van der Waals surface area (Å²) in [4.78, 5) is 21.2. The molecule has 1 aromatic rings. The Morgan fingerprint density at radius 1 is 1.53 bits per heavy atom. The third kappa shape index (κ3) is 2.65. The second kappa shape index (κ2) is 5.29. The van der Waals surface area contributed by atoms with Gasteiger partial charge in [-0.15, -0.1) is 0 Å². The summed E-state index contributed by atoms with van der Waals surface area (Å²) in [6.45, 7) is 1.33. The molecule has 1 saturated heterocycles. The number of rotatable bonds is 2. The van der Waals surface area contributed by atoms with Gasteiger partial charge >= 0.3 is 0 Å². The Labute approximate surface area is 104 Å². The molecule has 92 valence electrons. The Hall–Kier alpha value is -1.40. The van der Waals surface area contributed by atoms with E-state index in [0.717, 1.165) is 6.42 Å². The number of nitrogens with one attached hydrogen (secondary N) is 1. The number of halogens is 1. The largest absolute Gasteiger partial charge is 0.391 e. The van der Waals surface area contributed by atoms with Gasteiger partial charge in [0.1, 0.15) is 17.3 Å². The van der Waals surface area contributed by atoms with Gasteiger partial charge in [0.15, 0.2) is 0 Å². The van der Waals surface area contributed by atoms with Crippen LogP contribution in [0, 0.1) is 0 Å². The first-order valence-corrected chi connectivity index (χ1v) is 5.72. The zero-order valence-electron chi connectivity index (χ0n) is 9.19. The molecule has 2 N–H and O–H groups in total. The molecule has 1 aromatic heterocycles. The number of carbonyl (C=O) groups is 1. The number of amides is 1. The first-order valence-electron chi connectivity index (χ1n) is 5.34. The summed E-state index contributed by atoms with van der Waals surface area (Å²) in [5.74, 6) is 0.477. The second-order valence-corrected chi connectivity index (χ2v) is 4.11. The zero-order valence-corrected chi connectivity index (χ0v) is 9.94. The number of aromatic nitrogens is 2. The molecule has 0 spiro atoms. The van der Waals surface area contributed by atoms with E-state index >= 15 is 0 Å². The van der Waals surface area contributed by atoms with Crippen molar-refractivity contribution in [2.45, 2.75) is 13.0 Å². The van der Waals surface area contributed by atoms with Crippen LogP contribution in [0.3, 0.4) is 0 Å². The predicted molar refractivity (Wildman–Crippen MR) is 62.8 cm³/mol. The molecule has 6 nitrogen and oxygen atoms in total. The molecular weight excluding hydrogens is 244 g/mol. The van der Waals surface area contributed by atoms with Crippen LogP contribution in [0.5, 0.6) is 0 Å². The average Bonchev–Trinajstić information content (AvgIpc) is 2.53. The summed E-state index contributed by atoms with van der Waals surface area (Å²) in [7, 11) is 0. The van der Waals surface area contributed by atoms with Crippen molar-refractivity contribution in [3.63, 3.8) is 0 Å². The van der Waals surface area contributed by atoms with Crippen LogP contribution in [-0.4, -0.2) is 40.6 Å². The first kappa shape index (κ1) is 12.1. The van der Waals surface area contributed by atoms with E-state index in [2.05, 4.69) is 15.3 Å². The molecule has 0 bridgehead atoms. The monoisotopic (exact) mass is 256 g/mol. The molecule has 2 heterocycles. The molecular formula is C10H13ClN4O2. The lowest BCUT2D eigenvalue weighted by molar-refractivity contribution is -0.119. The number of hydrogen-bond donors (Lipinski definition) is 2. The minimum Gasteiger partial charge on any atom is -0.391 e. The molecule has 1 aliphatic rings. The molecule has 0 unspecified atom stereocenters. The van der Waals surface area contributed by atoms with Crippen LogP contribution in [0.1, 0.15) is 12.0 Å². The van der Waals surface area contributed by atoms with Crippen molar-refractivity contribution in [2.75, 3.05) is 24.5 Å². The summed E-state index contributed by atoms with van der Waals surface area (Å²) in [5.41, 5.74) is 0.462. The number of carbonyl (C=O) groups excluding carboxylic acids is 1. The average molecular weight is 257 g/mol. The first-order chi connectivity index (χ1) is 8.22. The number of aliphatic hydroxyl groups is 1. The Morgan fingerprint density at radius 2 is 2.35 bits per heavy atom. The highest BCUT2D eigenvalue weighted by Crippen LogP contribution is 2.23. The van der Waals surface area contributed by atoms with Crippen LogP contribution in [0.25, 0.3) is 0 Å². The maximum Gasteiger partial charge on any atom is 0.239 e. The van der Waals surface area contributed by atoms with E-state index in [1.807, 2.05) is 0 Å². The van der Waals surface area contributed by atoms with E-state index in [-0.39, 0.29) is 24.2 Å². The smallest absolute Gasteiger partial charge is 0.239 e. The van der Waals surface area contributed by atoms with Crippen molar-refractivity contribution in [2.24, 2.45) is 0 Å². The van der Waals surface area contributed by atoms with E-state index in [9.17, 15) is 9.90 Å². The van der Waals surface area contributed by atoms with Crippen molar-refractivity contribution < 1.29 is 9.90 Å². The number of nitrogens with zero attached hydrogens (tertiary/aromatic N) is 3. The van der Waals surface area contributed by atoms with Crippen LogP contribution in [0.2, 0.25) is 5.15 Å². The van der Waals surface area contributed by atoms with Gasteiger partial charge in [-0.1, -0.05) is 11.6 Å². The van der Waals surface area contributed by atoms with Gasteiger partial charge in [0.2, 0.25) is 5.91 Å². The zero-order chi connectivity index (χ0) is 12.3. The third-order valence-corrected chi connectivity index (χ3v) is 2.91. The van der Waals surface area contributed by atoms with Crippen LogP contribution in [0.15, 0.2) is 6.33 Å². The van der Waals surface area contributed by atoms with Crippen molar-refractivity contribution in [1.82, 2.24) is 15.3 Å². The molecule has 0 saturated carbocycles. The summed E-state index contributed by atoms with van der Waals surface area (Å²) in [5, 5.41) is 12.3. The van der Waals surface area contributed by atoms with Crippen LogP contribution < -0.4 is 10.2 Å². The van der Waals surface area contributed by atoms with Gasteiger partial charge < -0.3 is 15.3 Å². The molecule has 0 aromatic carbocycles. The molecule has 0 radical (unpaired) electrons. The highest BCUT2D eigenvalue weighted by Gasteiger charge is 2.20. The lowest BCUT2D eigenvalue weighted by Gasteiger charge is -2.22. The molecule has 0 aliphatic carbocycles. The number of anilines is 1. The molecule has 7 heteroatoms. The maximum absolute atomic E-state index is 11.5. The van der Waals surface area contributed by atoms with E-state index in [1.54, 1.807) is 4.90 Å². The van der Waals surface area contributed by atoms with E-state index in [0.29, 0.717) is 24.5 Å². The third-order valence-electron chi connectivity index (χ3n) is 2.59. The lowest BCUT2D eigenvalue weighted by Crippen LogP contribution is -2.34. The van der Waals surface area contributed by atoms with Gasteiger partial charge in [-0.05, 0) is 6.42 Å². The van der Waals surface area contributed by atoms with Gasteiger partial charge in [0, 0.05) is 13.1 Å². The molecule has 2 rings (SSSR count). The van der Waals surface area contributed by atoms with Gasteiger partial charge in [0.05, 0.1) is 18.7 Å². The fraction of sp³-hybridized carbons (Fsp3) is 0.500. The highest BCUT2D eigenvalue weighted by molar-refractivity contribution is 6.30. The standard InChI is InChI=1S/C10H13ClN4O2/c11-9-7(5-16)10(14-6-13-9)15-3-1-2-12-8(17)4-15/h6,16H,1-5H2,(H,12,17). The minimum absolute atomic E-state index is 0.0545. The van der Waals surface area contributed by atoms with Crippen LogP contribution >= 0.6 is 11.6 Å². The summed E-state index contributed by atoms with van der Waals surface area (Å²) in [6.07, 6.45) is 2.16. The van der Waals surface area contributed by atoms with Gasteiger partial charge in [-0.25, -0.2) is 9.97 Å². The minimum atomic E-state index is -0.243. The summed E-state index contributed by atoms with van der Waals surface area (Å²) < 4.78 is 0. The second-order valence-electron chi connectivity index (χ2n) is 3.75. The normalized spacial score (nSPS) is 16.6. The number of aliphatic hydroxyl groups excluding tert-OH is 1. The van der Waals surface area contributed by atoms with Crippen molar-refractivity contribution in [3.8, 4) is 0 Å². The highest BCUT2D eigenvalue weighted by atomic mass is 35.5. The van der Waals surface area contributed by atoms with E-state index < -0.39 is 0 Å². The molecule has 1 aliphatic heterocycles. The van der Waals surface area contributed by atoms with Gasteiger partial charge in [-0.3, -0.25) is 4.79 Å². The van der Waals surface area contributed by atoms with Crippen molar-refractivity contribution in [3.05, 3.63) is 17.0 Å². The van der Waals surface area contributed by atoms with Gasteiger partial charge in [-0.2, -0.15) is 0 Å². The Kier molecular flexibility index (Phi) is 3.75. The summed E-state index contributed by atoms with van der Waals surface area (Å²) >= 11 is 5.89. The fourth-order valence-electron chi connectivity index (χ4n) is 1.78. The Bertz CT molecular complexity index is 427. The van der Waals surface area contributed by atoms with Crippen LogP contribution in [0.4, 0.5) is 5.82 Å². The van der Waals surface area contributed by atoms with Gasteiger partial charge in [0.25, 0.3) is 0 Å². The van der Waals surface area contributed by atoms with Crippen LogP contribution in [-0.2, 0) is 11.4 Å². The maximum atomic E-state index is 11.5. The predicted octanol–water partition coefficient (Wildman–Crippen LogP) is -0.0514. The lowest BCUT2D eigenvalue weighted by atomic mass is 10.3. The molecule has 0 atom stereocenters. The Balaban J connectivity index is 2.31. The number of hydrogen-bond acceptors (Lipinski definition) is 5. The molecule has 1 fully saturated rings. The summed E-state index contributed by atoms with van der Waals surface area (Å²) in [6, 6.07) is 0. The fourth-order valence-corrected chi connectivity index (χ4v) is 1.97. The van der Waals surface area contributed by atoms with Crippen molar-refractivity contribution in [1.29, 1.82) is 0 Å². The van der Waals surface area contributed by atoms with Crippen molar-refractivity contribution >= 4 is 23.3 Å². The topological polar surface area (TPSA) is 78.4 Å². The van der Waals surface area contributed by atoms with E-state index in [1.165, 1.54) is 6.33 Å². The molecule has 1 amide bonds. The van der Waals surface area contributed by atoms with E-state index in [4.69, 9.17) is 11.6 Å². The Morgan fingerprint density at radius 3 is 3.12 bits per heavy atom. The SMILES string of the molecule is O=C1CN(c2ncnc(Cl)c2CO)CCCN1. The molecule has 17 heavy (non-hydrogen) atoms.